The van der Waals surface area contributed by atoms with E-state index in [1.54, 1.807) is 6.26 Å². The summed E-state index contributed by atoms with van der Waals surface area (Å²) in [5.74, 6) is 0.682. The van der Waals surface area contributed by atoms with Crippen LogP contribution >= 0.6 is 0 Å². The van der Waals surface area contributed by atoms with Crippen molar-refractivity contribution in [2.75, 3.05) is 32.8 Å². The second kappa shape index (κ2) is 12.1. The van der Waals surface area contributed by atoms with Crippen LogP contribution in [0.4, 0.5) is 8.78 Å². The van der Waals surface area contributed by atoms with Crippen LogP contribution in [-0.2, 0) is 17.6 Å². The number of ether oxygens (including phenoxy) is 1. The second-order valence-electron chi connectivity index (χ2n) is 5.95. The molecular weight excluding hydrogens is 352 g/mol. The Labute approximate surface area is 158 Å². The van der Waals surface area contributed by atoms with Gasteiger partial charge in [-0.3, -0.25) is 4.99 Å². The average Bonchev–Trinajstić information content (AvgIpc) is 3.17. The van der Waals surface area contributed by atoms with E-state index in [-0.39, 0.29) is 0 Å². The van der Waals surface area contributed by atoms with Crippen LogP contribution in [0.1, 0.15) is 24.7 Å². The fraction of sp³-hybridized carbons (Fsp3) is 0.450. The van der Waals surface area contributed by atoms with E-state index in [1.165, 1.54) is 6.07 Å². The third-order valence-corrected chi connectivity index (χ3v) is 3.86. The van der Waals surface area contributed by atoms with Crippen molar-refractivity contribution < 1.29 is 17.9 Å². The number of nitrogens with one attached hydrogen (secondary N) is 2. The summed E-state index contributed by atoms with van der Waals surface area (Å²) in [4.78, 5) is 4.50. The lowest BCUT2D eigenvalue weighted by Gasteiger charge is -2.13. The van der Waals surface area contributed by atoms with Crippen molar-refractivity contribution in [1.82, 2.24) is 10.6 Å². The van der Waals surface area contributed by atoms with Crippen LogP contribution in [0.5, 0.6) is 0 Å². The summed E-state index contributed by atoms with van der Waals surface area (Å²) in [6.45, 7) is 5.02. The molecule has 1 heterocycles. The molecule has 0 radical (unpaired) electrons. The van der Waals surface area contributed by atoms with Crippen molar-refractivity contribution in [3.8, 4) is 0 Å². The number of halogens is 2. The zero-order chi connectivity index (χ0) is 19.3. The Morgan fingerprint density at radius 2 is 1.96 bits per heavy atom. The van der Waals surface area contributed by atoms with Gasteiger partial charge in [-0.1, -0.05) is 0 Å². The summed E-state index contributed by atoms with van der Waals surface area (Å²) in [5.41, 5.74) is 0.341. The van der Waals surface area contributed by atoms with E-state index >= 15 is 0 Å². The van der Waals surface area contributed by atoms with Gasteiger partial charge < -0.3 is 19.8 Å². The first-order valence-corrected chi connectivity index (χ1v) is 9.25. The van der Waals surface area contributed by atoms with Gasteiger partial charge in [0.2, 0.25) is 0 Å². The predicted molar refractivity (Wildman–Crippen MR) is 102 cm³/mol. The minimum atomic E-state index is -0.437. The van der Waals surface area contributed by atoms with Crippen LogP contribution in [0.3, 0.4) is 0 Å². The summed E-state index contributed by atoms with van der Waals surface area (Å²) in [5, 5.41) is 6.40. The molecular formula is C20H27F2N3O2. The second-order valence-corrected chi connectivity index (χ2v) is 5.95. The molecule has 148 valence electrons. The Bertz CT molecular complexity index is 691. The van der Waals surface area contributed by atoms with Gasteiger partial charge in [-0.15, -0.1) is 0 Å². The molecule has 0 amide bonds. The molecule has 0 fully saturated rings. The van der Waals surface area contributed by atoms with E-state index in [4.69, 9.17) is 9.15 Å². The quantitative estimate of drug-likeness (QED) is 0.357. The fourth-order valence-corrected chi connectivity index (χ4v) is 2.49. The molecule has 0 bridgehead atoms. The van der Waals surface area contributed by atoms with E-state index in [0.717, 1.165) is 30.7 Å². The van der Waals surface area contributed by atoms with E-state index in [0.29, 0.717) is 50.8 Å². The van der Waals surface area contributed by atoms with E-state index < -0.39 is 11.6 Å². The van der Waals surface area contributed by atoms with E-state index in [2.05, 4.69) is 15.6 Å². The normalized spacial score (nSPS) is 11.6. The van der Waals surface area contributed by atoms with Gasteiger partial charge in [-0.25, -0.2) is 8.78 Å². The van der Waals surface area contributed by atoms with Crippen molar-refractivity contribution >= 4 is 5.96 Å². The number of benzene rings is 1. The molecule has 0 saturated heterocycles. The molecule has 7 heteroatoms. The van der Waals surface area contributed by atoms with Crippen LogP contribution in [0, 0.1) is 11.6 Å². The van der Waals surface area contributed by atoms with Gasteiger partial charge in [-0.2, -0.15) is 0 Å². The Morgan fingerprint density at radius 1 is 1.15 bits per heavy atom. The first-order valence-electron chi connectivity index (χ1n) is 9.25. The summed E-state index contributed by atoms with van der Waals surface area (Å²) in [7, 11) is 0. The van der Waals surface area contributed by atoms with Crippen molar-refractivity contribution in [3.05, 3.63) is 59.6 Å². The smallest absolute Gasteiger partial charge is 0.191 e. The summed E-state index contributed by atoms with van der Waals surface area (Å²) < 4.78 is 37.6. The third-order valence-electron chi connectivity index (χ3n) is 3.86. The van der Waals surface area contributed by atoms with Gasteiger partial charge >= 0.3 is 0 Å². The highest BCUT2D eigenvalue weighted by Gasteiger charge is 2.05. The monoisotopic (exact) mass is 379 g/mol. The predicted octanol–water partition coefficient (Wildman–Crippen LogP) is 3.30. The van der Waals surface area contributed by atoms with Gasteiger partial charge in [-0.05, 0) is 55.7 Å². The van der Waals surface area contributed by atoms with Crippen molar-refractivity contribution in [2.45, 2.75) is 26.2 Å². The van der Waals surface area contributed by atoms with Crippen LogP contribution in [0.2, 0.25) is 0 Å². The zero-order valence-corrected chi connectivity index (χ0v) is 15.6. The molecule has 0 aliphatic rings. The number of furan rings is 1. The summed E-state index contributed by atoms with van der Waals surface area (Å²) in [6, 6.07) is 7.26. The van der Waals surface area contributed by atoms with Crippen molar-refractivity contribution in [1.29, 1.82) is 0 Å². The van der Waals surface area contributed by atoms with Crippen molar-refractivity contribution in [2.24, 2.45) is 4.99 Å². The maximum atomic E-state index is 13.7. The number of nitrogens with zero attached hydrogens (tertiary/aromatic N) is 1. The number of rotatable bonds is 11. The number of guanidine groups is 1. The lowest BCUT2D eigenvalue weighted by Crippen LogP contribution is -2.39. The number of hydrogen-bond donors (Lipinski definition) is 2. The molecule has 0 aliphatic heterocycles. The SMILES string of the molecule is CCOCCCN=C(NCCc1ccco1)NCCc1cc(F)ccc1F. The molecule has 27 heavy (non-hydrogen) atoms. The highest BCUT2D eigenvalue weighted by Crippen LogP contribution is 2.09. The Hall–Kier alpha value is -2.41. The maximum absolute atomic E-state index is 13.7. The van der Waals surface area contributed by atoms with Gasteiger partial charge in [0.15, 0.2) is 5.96 Å². The Kier molecular flexibility index (Phi) is 9.34. The number of aliphatic imine (C=N–C) groups is 1. The highest BCUT2D eigenvalue weighted by atomic mass is 19.1. The number of hydrogen-bond acceptors (Lipinski definition) is 3. The molecule has 2 rings (SSSR count). The van der Waals surface area contributed by atoms with Crippen LogP contribution in [0.25, 0.3) is 0 Å². The van der Waals surface area contributed by atoms with Crippen LogP contribution in [0.15, 0.2) is 46.0 Å². The molecule has 0 unspecified atom stereocenters. The zero-order valence-electron chi connectivity index (χ0n) is 15.6. The molecule has 1 aromatic carbocycles. The van der Waals surface area contributed by atoms with Crippen molar-refractivity contribution in [3.63, 3.8) is 0 Å². The largest absolute Gasteiger partial charge is 0.469 e. The molecule has 0 atom stereocenters. The minimum absolute atomic E-state index is 0.341. The summed E-state index contributed by atoms with van der Waals surface area (Å²) in [6.07, 6.45) is 3.55. The van der Waals surface area contributed by atoms with Crippen LogP contribution < -0.4 is 10.6 Å². The average molecular weight is 379 g/mol. The van der Waals surface area contributed by atoms with Gasteiger partial charge in [0, 0.05) is 39.3 Å². The van der Waals surface area contributed by atoms with Gasteiger partial charge in [0.05, 0.1) is 6.26 Å². The minimum Gasteiger partial charge on any atom is -0.469 e. The van der Waals surface area contributed by atoms with E-state index in [9.17, 15) is 8.78 Å². The molecule has 2 N–H and O–H groups in total. The molecule has 2 aromatic rings. The first-order chi connectivity index (χ1) is 13.2. The Balaban J connectivity index is 1.81. The maximum Gasteiger partial charge on any atom is 0.191 e. The molecule has 5 nitrogen and oxygen atoms in total. The van der Waals surface area contributed by atoms with Gasteiger partial charge in [0.25, 0.3) is 0 Å². The molecule has 1 aromatic heterocycles. The van der Waals surface area contributed by atoms with E-state index in [1.807, 2.05) is 19.1 Å². The highest BCUT2D eigenvalue weighted by molar-refractivity contribution is 5.79. The fourth-order valence-electron chi connectivity index (χ4n) is 2.49. The Morgan fingerprint density at radius 3 is 2.70 bits per heavy atom. The first kappa shape index (κ1) is 20.9. The third kappa shape index (κ3) is 8.21. The molecule has 0 saturated carbocycles. The van der Waals surface area contributed by atoms with Crippen LogP contribution in [-0.4, -0.2) is 38.8 Å². The standard InChI is InChI=1S/C20H27F2N3O2/c1-2-26-13-4-10-23-20(25-12-9-18-5-3-14-27-18)24-11-8-16-15-17(21)6-7-19(16)22/h3,5-7,14-15H,2,4,8-13H2,1H3,(H2,23,24,25). The lowest BCUT2D eigenvalue weighted by molar-refractivity contribution is 0.146. The van der Waals surface area contributed by atoms with Gasteiger partial charge in [0.1, 0.15) is 17.4 Å². The summed E-state index contributed by atoms with van der Waals surface area (Å²) >= 11 is 0. The topological polar surface area (TPSA) is 58.8 Å². The lowest BCUT2D eigenvalue weighted by atomic mass is 10.1. The molecule has 0 aliphatic carbocycles. The molecule has 0 spiro atoms.